The highest BCUT2D eigenvalue weighted by Gasteiger charge is 2.17. The fourth-order valence-electron chi connectivity index (χ4n) is 1.70. The minimum absolute atomic E-state index is 0. The van der Waals surface area contributed by atoms with E-state index in [1.54, 1.807) is 19.2 Å². The highest BCUT2D eigenvalue weighted by Crippen LogP contribution is 2.14. The lowest BCUT2D eigenvalue weighted by Gasteiger charge is -2.15. The monoisotopic (exact) mass is 360 g/mol. The third-order valence-corrected chi connectivity index (χ3v) is 2.60. The van der Waals surface area contributed by atoms with Crippen LogP contribution in [0.2, 0.25) is 0 Å². The first-order chi connectivity index (χ1) is 9.54. The Kier molecular flexibility index (Phi) is 9.31. The van der Waals surface area contributed by atoms with Gasteiger partial charge in [0.25, 0.3) is 0 Å². The van der Waals surface area contributed by atoms with Gasteiger partial charge < -0.3 is 21.1 Å². The van der Waals surface area contributed by atoms with Crippen LogP contribution >= 0.6 is 17.0 Å². The van der Waals surface area contributed by atoms with Crippen molar-refractivity contribution in [3.63, 3.8) is 0 Å². The van der Waals surface area contributed by atoms with Crippen LogP contribution in [0.1, 0.15) is 13.3 Å². The first-order valence-corrected chi connectivity index (χ1v) is 6.36. The number of amides is 1. The van der Waals surface area contributed by atoms with Gasteiger partial charge in [0.05, 0.1) is 18.0 Å². The molecule has 1 aliphatic carbocycles. The Morgan fingerprint density at radius 3 is 2.67 bits per heavy atom. The van der Waals surface area contributed by atoms with Crippen molar-refractivity contribution in [3.05, 3.63) is 23.4 Å². The van der Waals surface area contributed by atoms with Gasteiger partial charge >= 0.3 is 5.97 Å². The van der Waals surface area contributed by atoms with E-state index in [1.807, 2.05) is 0 Å². The van der Waals surface area contributed by atoms with Crippen LogP contribution in [0.3, 0.4) is 0 Å². The van der Waals surface area contributed by atoms with Gasteiger partial charge in [-0.3, -0.25) is 9.79 Å². The molecular formula is C13H21BrN4O3. The van der Waals surface area contributed by atoms with E-state index >= 15 is 0 Å². The Balaban J connectivity index is 0.00000400. The maximum absolute atomic E-state index is 11.1. The van der Waals surface area contributed by atoms with Crippen molar-refractivity contribution in [1.82, 2.24) is 16.0 Å². The molecule has 7 nitrogen and oxygen atoms in total. The molecule has 4 N–H and O–H groups in total. The SMILES string of the molecule is Br.CNCN=C1C=C(NCCNC(C)=O)CC=C1C(=O)O. The van der Waals surface area contributed by atoms with Crippen molar-refractivity contribution >= 4 is 34.6 Å². The van der Waals surface area contributed by atoms with Gasteiger partial charge in [-0.25, -0.2) is 4.79 Å². The van der Waals surface area contributed by atoms with E-state index in [0.29, 0.717) is 31.9 Å². The Hall–Kier alpha value is -1.67. The standard InChI is InChI=1S/C13H20N4O3.BrH/c1-9(18)15-5-6-16-10-3-4-11(13(19)20)12(7-10)17-8-14-2;/h4,7,14,16H,3,5-6,8H2,1-2H3,(H,15,18)(H,19,20);1H. The third kappa shape index (κ3) is 7.05. The molecular weight excluding hydrogens is 340 g/mol. The van der Waals surface area contributed by atoms with Gasteiger partial charge in [0.1, 0.15) is 0 Å². The van der Waals surface area contributed by atoms with Gasteiger partial charge in [-0.15, -0.1) is 17.0 Å². The second-order valence-corrected chi connectivity index (χ2v) is 4.26. The number of carbonyl (C=O) groups is 2. The van der Waals surface area contributed by atoms with E-state index in [0.717, 1.165) is 5.70 Å². The topological polar surface area (TPSA) is 103 Å². The molecule has 0 saturated heterocycles. The number of nitrogens with one attached hydrogen (secondary N) is 3. The van der Waals surface area contributed by atoms with Crippen molar-refractivity contribution in [3.8, 4) is 0 Å². The maximum atomic E-state index is 11.1. The molecule has 0 spiro atoms. The molecule has 1 rings (SSSR count). The summed E-state index contributed by atoms with van der Waals surface area (Å²) in [5.41, 5.74) is 1.54. The minimum Gasteiger partial charge on any atom is -0.478 e. The Morgan fingerprint density at radius 2 is 2.10 bits per heavy atom. The van der Waals surface area contributed by atoms with Crippen molar-refractivity contribution in [2.75, 3.05) is 26.8 Å². The zero-order valence-electron chi connectivity index (χ0n) is 12.1. The number of allylic oxidation sites excluding steroid dienone is 2. The Morgan fingerprint density at radius 1 is 1.38 bits per heavy atom. The van der Waals surface area contributed by atoms with Crippen molar-refractivity contribution in [2.24, 2.45) is 4.99 Å². The number of nitrogens with zero attached hydrogens (tertiary/aromatic N) is 1. The van der Waals surface area contributed by atoms with Crippen molar-refractivity contribution in [2.45, 2.75) is 13.3 Å². The maximum Gasteiger partial charge on any atom is 0.337 e. The third-order valence-electron chi connectivity index (χ3n) is 2.60. The Labute approximate surface area is 134 Å². The predicted molar refractivity (Wildman–Crippen MR) is 86.8 cm³/mol. The normalized spacial score (nSPS) is 15.6. The number of aliphatic imine (C=N–C) groups is 1. The quantitative estimate of drug-likeness (QED) is 0.486. The lowest BCUT2D eigenvalue weighted by molar-refractivity contribution is -0.132. The highest BCUT2D eigenvalue weighted by atomic mass is 79.9. The largest absolute Gasteiger partial charge is 0.478 e. The summed E-state index contributed by atoms with van der Waals surface area (Å²) in [5.74, 6) is -1.05. The lowest BCUT2D eigenvalue weighted by Crippen LogP contribution is -2.31. The number of rotatable bonds is 7. The predicted octanol–water partition coefficient (Wildman–Crippen LogP) is 0.206. The van der Waals surface area contributed by atoms with E-state index in [9.17, 15) is 9.59 Å². The summed E-state index contributed by atoms with van der Waals surface area (Å²) in [5, 5.41) is 17.8. The van der Waals surface area contributed by atoms with Crippen LogP contribution in [0.15, 0.2) is 28.4 Å². The van der Waals surface area contributed by atoms with Crippen LogP contribution in [-0.2, 0) is 9.59 Å². The van der Waals surface area contributed by atoms with Gasteiger partial charge in [-0.2, -0.15) is 0 Å². The second-order valence-electron chi connectivity index (χ2n) is 4.26. The molecule has 0 heterocycles. The molecule has 0 atom stereocenters. The average molecular weight is 361 g/mol. The summed E-state index contributed by atoms with van der Waals surface area (Å²) in [6, 6.07) is 0. The van der Waals surface area contributed by atoms with Gasteiger partial charge in [-0.1, -0.05) is 6.08 Å². The molecule has 0 unspecified atom stereocenters. The number of hydrogen-bond acceptors (Lipinski definition) is 5. The molecule has 1 amide bonds. The van der Waals surface area contributed by atoms with E-state index in [1.165, 1.54) is 6.92 Å². The van der Waals surface area contributed by atoms with Crippen LogP contribution in [-0.4, -0.2) is 49.5 Å². The summed E-state index contributed by atoms with van der Waals surface area (Å²) in [4.78, 5) is 26.0. The molecule has 0 aromatic carbocycles. The summed E-state index contributed by atoms with van der Waals surface area (Å²) in [7, 11) is 1.74. The molecule has 0 aromatic rings. The Bertz CT molecular complexity index is 472. The number of hydrogen-bond donors (Lipinski definition) is 4. The summed E-state index contributed by atoms with van der Waals surface area (Å²) < 4.78 is 0. The van der Waals surface area contributed by atoms with Gasteiger partial charge in [-0.05, 0) is 13.1 Å². The lowest BCUT2D eigenvalue weighted by atomic mass is 10.0. The molecule has 0 bridgehead atoms. The van der Waals surface area contributed by atoms with E-state index in [2.05, 4.69) is 20.9 Å². The molecule has 21 heavy (non-hydrogen) atoms. The smallest absolute Gasteiger partial charge is 0.337 e. The van der Waals surface area contributed by atoms with Crippen LogP contribution in [0.25, 0.3) is 0 Å². The molecule has 0 aliphatic heterocycles. The highest BCUT2D eigenvalue weighted by molar-refractivity contribution is 8.93. The first-order valence-electron chi connectivity index (χ1n) is 6.36. The number of carboxylic acid groups (broad SMARTS) is 1. The zero-order chi connectivity index (χ0) is 15.0. The molecule has 1 aliphatic rings. The summed E-state index contributed by atoms with van der Waals surface area (Å²) in [6.07, 6.45) is 3.88. The number of halogens is 1. The molecule has 8 heteroatoms. The number of carbonyl (C=O) groups excluding carboxylic acids is 1. The molecule has 0 fully saturated rings. The number of carboxylic acids is 1. The van der Waals surface area contributed by atoms with Crippen LogP contribution in [0.5, 0.6) is 0 Å². The summed E-state index contributed by atoms with van der Waals surface area (Å²) >= 11 is 0. The molecule has 0 saturated carbocycles. The fraction of sp³-hybridized carbons (Fsp3) is 0.462. The van der Waals surface area contributed by atoms with E-state index < -0.39 is 5.97 Å². The number of aliphatic carboxylic acids is 1. The van der Waals surface area contributed by atoms with Gasteiger partial charge in [0.15, 0.2) is 0 Å². The molecule has 0 radical (unpaired) electrons. The molecule has 118 valence electrons. The minimum atomic E-state index is -0.978. The van der Waals surface area contributed by atoms with Crippen LogP contribution < -0.4 is 16.0 Å². The fourth-order valence-corrected chi connectivity index (χ4v) is 1.70. The molecule has 0 aromatic heterocycles. The van der Waals surface area contributed by atoms with E-state index in [-0.39, 0.29) is 28.5 Å². The first kappa shape index (κ1) is 19.3. The van der Waals surface area contributed by atoms with Crippen molar-refractivity contribution < 1.29 is 14.7 Å². The van der Waals surface area contributed by atoms with Crippen LogP contribution in [0.4, 0.5) is 0 Å². The van der Waals surface area contributed by atoms with Crippen molar-refractivity contribution in [1.29, 1.82) is 0 Å². The van der Waals surface area contributed by atoms with E-state index in [4.69, 9.17) is 5.11 Å². The summed E-state index contributed by atoms with van der Waals surface area (Å²) in [6.45, 7) is 2.92. The second kappa shape index (κ2) is 10.1. The van der Waals surface area contributed by atoms with Gasteiger partial charge in [0.2, 0.25) is 5.91 Å². The zero-order valence-corrected chi connectivity index (χ0v) is 13.8. The van der Waals surface area contributed by atoms with Crippen LogP contribution in [0, 0.1) is 0 Å². The average Bonchev–Trinajstić information content (AvgIpc) is 2.41. The van der Waals surface area contributed by atoms with Gasteiger partial charge in [0, 0.05) is 32.1 Å².